The average molecular weight is 409 g/mol. The van der Waals surface area contributed by atoms with Crippen LogP contribution in [0.4, 0.5) is 5.69 Å². The van der Waals surface area contributed by atoms with E-state index in [2.05, 4.69) is 0 Å². The van der Waals surface area contributed by atoms with Gasteiger partial charge < -0.3 is 9.47 Å². The molecule has 0 aromatic heterocycles. The summed E-state index contributed by atoms with van der Waals surface area (Å²) in [6.45, 7) is 0. The van der Waals surface area contributed by atoms with E-state index >= 15 is 0 Å². The SMILES string of the molecule is O=[N+]([O-])c1cccc(C2Oc3ccccc3C(c3ccccc3)(c3ccccc3)O2)c1. The van der Waals surface area contributed by atoms with Gasteiger partial charge in [0.15, 0.2) is 5.60 Å². The fourth-order valence-corrected chi connectivity index (χ4v) is 4.10. The van der Waals surface area contributed by atoms with Gasteiger partial charge in [-0.3, -0.25) is 10.1 Å². The van der Waals surface area contributed by atoms with Crippen LogP contribution < -0.4 is 4.74 Å². The molecule has 0 saturated heterocycles. The van der Waals surface area contributed by atoms with Crippen LogP contribution in [0.2, 0.25) is 0 Å². The predicted molar refractivity (Wildman–Crippen MR) is 117 cm³/mol. The van der Waals surface area contributed by atoms with E-state index in [1.165, 1.54) is 12.1 Å². The second-order valence-corrected chi connectivity index (χ2v) is 7.33. The van der Waals surface area contributed by atoms with Crippen LogP contribution in [0.15, 0.2) is 109 Å². The van der Waals surface area contributed by atoms with Crippen molar-refractivity contribution >= 4 is 5.69 Å². The molecule has 4 aromatic rings. The molecule has 5 nitrogen and oxygen atoms in total. The minimum absolute atomic E-state index is 0.00594. The molecule has 0 radical (unpaired) electrons. The first kappa shape index (κ1) is 19.0. The number of ether oxygens (including phenoxy) is 2. The molecule has 1 unspecified atom stereocenters. The average Bonchev–Trinajstić information content (AvgIpc) is 2.84. The molecule has 0 spiro atoms. The van der Waals surface area contributed by atoms with Gasteiger partial charge in [-0.15, -0.1) is 0 Å². The Morgan fingerprint density at radius 2 is 1.35 bits per heavy atom. The molecule has 1 atom stereocenters. The van der Waals surface area contributed by atoms with Gasteiger partial charge >= 0.3 is 0 Å². The molecule has 152 valence electrons. The summed E-state index contributed by atoms with van der Waals surface area (Å²) >= 11 is 0. The molecule has 1 aliphatic heterocycles. The Bertz CT molecular complexity index is 1180. The Morgan fingerprint density at radius 3 is 2.00 bits per heavy atom. The van der Waals surface area contributed by atoms with E-state index in [9.17, 15) is 10.1 Å². The van der Waals surface area contributed by atoms with Crippen LogP contribution in [0.1, 0.15) is 28.5 Å². The van der Waals surface area contributed by atoms with Crippen LogP contribution in [0.5, 0.6) is 5.75 Å². The van der Waals surface area contributed by atoms with Crippen molar-refractivity contribution in [2.45, 2.75) is 11.9 Å². The molecular weight excluding hydrogens is 390 g/mol. The van der Waals surface area contributed by atoms with Crippen LogP contribution in [0, 0.1) is 10.1 Å². The Labute approximate surface area is 179 Å². The molecule has 0 saturated carbocycles. The van der Waals surface area contributed by atoms with Crippen molar-refractivity contribution in [1.82, 2.24) is 0 Å². The van der Waals surface area contributed by atoms with Crippen molar-refractivity contribution in [2.24, 2.45) is 0 Å². The lowest BCUT2D eigenvalue weighted by Crippen LogP contribution is -2.39. The predicted octanol–water partition coefficient (Wildman–Crippen LogP) is 5.99. The van der Waals surface area contributed by atoms with Gasteiger partial charge in [0.1, 0.15) is 5.75 Å². The summed E-state index contributed by atoms with van der Waals surface area (Å²) in [5.74, 6) is 0.679. The van der Waals surface area contributed by atoms with Crippen molar-refractivity contribution < 1.29 is 14.4 Å². The highest BCUT2D eigenvalue weighted by atomic mass is 16.7. The molecule has 1 heterocycles. The zero-order valence-corrected chi connectivity index (χ0v) is 16.5. The van der Waals surface area contributed by atoms with Gasteiger partial charge in [-0.2, -0.15) is 0 Å². The maximum absolute atomic E-state index is 11.3. The second kappa shape index (κ2) is 7.70. The zero-order chi connectivity index (χ0) is 21.3. The van der Waals surface area contributed by atoms with Gasteiger partial charge in [-0.25, -0.2) is 0 Å². The van der Waals surface area contributed by atoms with Crippen molar-refractivity contribution in [3.8, 4) is 5.75 Å². The molecule has 1 aliphatic rings. The van der Waals surface area contributed by atoms with Crippen molar-refractivity contribution in [2.75, 3.05) is 0 Å². The van der Waals surface area contributed by atoms with Crippen LogP contribution in [0.25, 0.3) is 0 Å². The molecule has 5 heteroatoms. The Kier molecular flexibility index (Phi) is 4.73. The number of nitro groups is 1. The summed E-state index contributed by atoms with van der Waals surface area (Å²) in [4.78, 5) is 10.9. The molecule has 0 aliphatic carbocycles. The molecule has 31 heavy (non-hydrogen) atoms. The Morgan fingerprint density at radius 1 is 0.742 bits per heavy atom. The van der Waals surface area contributed by atoms with E-state index in [-0.39, 0.29) is 5.69 Å². The number of para-hydroxylation sites is 1. The number of hydrogen-bond donors (Lipinski definition) is 0. The minimum Gasteiger partial charge on any atom is -0.460 e. The van der Waals surface area contributed by atoms with Crippen LogP contribution >= 0.6 is 0 Å². The smallest absolute Gasteiger partial charge is 0.269 e. The minimum atomic E-state index is -0.938. The van der Waals surface area contributed by atoms with E-state index in [0.717, 1.165) is 16.7 Å². The summed E-state index contributed by atoms with van der Waals surface area (Å²) in [6, 6.07) is 34.1. The number of non-ortho nitro benzene ring substituents is 1. The van der Waals surface area contributed by atoms with Gasteiger partial charge in [0.2, 0.25) is 6.29 Å². The molecule has 0 amide bonds. The van der Waals surface area contributed by atoms with Crippen molar-refractivity contribution in [3.05, 3.63) is 142 Å². The lowest BCUT2D eigenvalue weighted by molar-refractivity contribution is -0.385. The van der Waals surface area contributed by atoms with E-state index in [1.807, 2.05) is 84.9 Å². The number of rotatable bonds is 4. The highest BCUT2D eigenvalue weighted by molar-refractivity contribution is 5.54. The monoisotopic (exact) mass is 409 g/mol. The standard InChI is InChI=1S/C26H19NO4/c28-27(29)22-15-9-10-19(18-22)25-30-24-17-8-7-16-23(24)26(31-25,20-11-3-1-4-12-20)21-13-5-2-6-14-21/h1-18,25H. The fraction of sp³-hybridized carbons (Fsp3) is 0.0769. The lowest BCUT2D eigenvalue weighted by atomic mass is 9.79. The summed E-state index contributed by atoms with van der Waals surface area (Å²) in [6.07, 6.45) is -0.824. The molecular formula is C26H19NO4. The van der Waals surface area contributed by atoms with E-state index in [4.69, 9.17) is 9.47 Å². The number of nitrogens with zero attached hydrogens (tertiary/aromatic N) is 1. The van der Waals surface area contributed by atoms with Crippen LogP contribution in [0.3, 0.4) is 0 Å². The summed E-state index contributed by atoms with van der Waals surface area (Å²) in [7, 11) is 0. The van der Waals surface area contributed by atoms with Crippen LogP contribution in [-0.2, 0) is 10.3 Å². The maximum Gasteiger partial charge on any atom is 0.269 e. The number of hydrogen-bond acceptors (Lipinski definition) is 4. The zero-order valence-electron chi connectivity index (χ0n) is 16.5. The van der Waals surface area contributed by atoms with Gasteiger partial charge in [0.05, 0.1) is 4.92 Å². The summed E-state index contributed by atoms with van der Waals surface area (Å²) in [5, 5.41) is 11.3. The molecule has 0 N–H and O–H groups in total. The molecule has 5 rings (SSSR count). The Balaban J connectivity index is 1.75. The highest BCUT2D eigenvalue weighted by Gasteiger charge is 2.46. The van der Waals surface area contributed by atoms with Gasteiger partial charge in [0.25, 0.3) is 5.69 Å². The van der Waals surface area contributed by atoms with Gasteiger partial charge in [0, 0.05) is 23.3 Å². The maximum atomic E-state index is 11.3. The van der Waals surface area contributed by atoms with Crippen molar-refractivity contribution in [1.29, 1.82) is 0 Å². The first-order valence-electron chi connectivity index (χ1n) is 9.98. The summed E-state index contributed by atoms with van der Waals surface area (Å²) in [5.41, 5.74) is 2.43. The first-order chi connectivity index (χ1) is 15.2. The third-order valence-electron chi connectivity index (χ3n) is 5.50. The third kappa shape index (κ3) is 3.25. The lowest BCUT2D eigenvalue weighted by Gasteiger charge is -2.43. The van der Waals surface area contributed by atoms with E-state index in [0.29, 0.717) is 11.3 Å². The first-order valence-corrected chi connectivity index (χ1v) is 9.98. The topological polar surface area (TPSA) is 61.6 Å². The summed E-state index contributed by atoms with van der Waals surface area (Å²) < 4.78 is 13.0. The van der Waals surface area contributed by atoms with Gasteiger partial charge in [-0.05, 0) is 17.2 Å². The van der Waals surface area contributed by atoms with E-state index < -0.39 is 16.8 Å². The Hall–Kier alpha value is -3.96. The van der Waals surface area contributed by atoms with Crippen molar-refractivity contribution in [3.63, 3.8) is 0 Å². The number of nitro benzene ring substituents is 1. The third-order valence-corrected chi connectivity index (χ3v) is 5.50. The fourth-order valence-electron chi connectivity index (χ4n) is 4.10. The largest absolute Gasteiger partial charge is 0.460 e. The molecule has 0 bridgehead atoms. The van der Waals surface area contributed by atoms with E-state index in [1.54, 1.807) is 12.1 Å². The second-order valence-electron chi connectivity index (χ2n) is 7.33. The highest BCUT2D eigenvalue weighted by Crippen LogP contribution is 2.51. The normalized spacial score (nSPS) is 16.7. The molecule has 0 fully saturated rings. The molecule has 4 aromatic carbocycles. The van der Waals surface area contributed by atoms with Gasteiger partial charge in [-0.1, -0.05) is 91.0 Å². The quantitative estimate of drug-likeness (QED) is 0.307. The number of fused-ring (bicyclic) bond motifs is 1. The number of benzene rings is 4. The van der Waals surface area contributed by atoms with Crippen LogP contribution in [-0.4, -0.2) is 4.92 Å².